The van der Waals surface area contributed by atoms with E-state index in [1.54, 1.807) is 0 Å². The van der Waals surface area contributed by atoms with Crippen LogP contribution in [0.2, 0.25) is 0 Å². The van der Waals surface area contributed by atoms with Crippen LogP contribution >= 0.6 is 15.9 Å². The number of hydrogen-bond acceptors (Lipinski definition) is 2. The summed E-state index contributed by atoms with van der Waals surface area (Å²) in [6.45, 7) is 0. The molecule has 1 aromatic rings. The lowest BCUT2D eigenvalue weighted by atomic mass is 10.2. The molecule has 0 aliphatic heterocycles. The predicted molar refractivity (Wildman–Crippen MR) is 53.5 cm³/mol. The highest BCUT2D eigenvalue weighted by Crippen LogP contribution is 2.26. The van der Waals surface area contributed by atoms with Crippen LogP contribution in [0, 0.1) is 17.1 Å². The zero-order valence-electron chi connectivity index (χ0n) is 7.90. The topological polar surface area (TPSA) is 52.9 Å². The minimum absolute atomic E-state index is 0.0842. The van der Waals surface area contributed by atoms with Gasteiger partial charge in [-0.15, -0.1) is 0 Å². The van der Waals surface area contributed by atoms with E-state index in [2.05, 4.69) is 15.9 Å². The summed E-state index contributed by atoms with van der Waals surface area (Å²) in [5, 5.41) is 10.0. The standard InChI is InChI=1S/C9H3BrF4N2O/c10-5-1-2-6(4(3-15)7(5)11)16-8(17)9(12,13)14/h1-2H,(H,16,17). The summed E-state index contributed by atoms with van der Waals surface area (Å²) in [4.78, 5) is 10.6. The number of alkyl halides is 3. The molecule has 90 valence electrons. The van der Waals surface area contributed by atoms with Crippen LogP contribution in [0.5, 0.6) is 0 Å². The molecule has 0 atom stereocenters. The van der Waals surface area contributed by atoms with Crippen molar-refractivity contribution in [1.82, 2.24) is 0 Å². The van der Waals surface area contributed by atoms with Gasteiger partial charge in [-0.3, -0.25) is 4.79 Å². The Bertz CT molecular complexity index is 507. The highest BCUT2D eigenvalue weighted by Gasteiger charge is 2.39. The molecule has 17 heavy (non-hydrogen) atoms. The number of hydrogen-bond donors (Lipinski definition) is 1. The van der Waals surface area contributed by atoms with Crippen molar-refractivity contribution in [2.45, 2.75) is 6.18 Å². The molecule has 1 N–H and O–H groups in total. The third kappa shape index (κ3) is 2.94. The van der Waals surface area contributed by atoms with E-state index >= 15 is 0 Å². The van der Waals surface area contributed by atoms with Crippen LogP contribution in [0.15, 0.2) is 16.6 Å². The van der Waals surface area contributed by atoms with Crippen LogP contribution in [-0.2, 0) is 4.79 Å². The molecule has 8 heteroatoms. The van der Waals surface area contributed by atoms with Gasteiger partial charge in [0.25, 0.3) is 0 Å². The zero-order valence-corrected chi connectivity index (χ0v) is 9.49. The van der Waals surface area contributed by atoms with Crippen molar-refractivity contribution in [1.29, 1.82) is 5.26 Å². The Labute approximate surface area is 101 Å². The van der Waals surface area contributed by atoms with Gasteiger partial charge in [0.05, 0.1) is 10.2 Å². The number of nitriles is 1. The van der Waals surface area contributed by atoms with Gasteiger partial charge in [0.15, 0.2) is 5.82 Å². The fourth-order valence-corrected chi connectivity index (χ4v) is 1.29. The lowest BCUT2D eigenvalue weighted by molar-refractivity contribution is -0.167. The lowest BCUT2D eigenvalue weighted by Crippen LogP contribution is -2.30. The van der Waals surface area contributed by atoms with Gasteiger partial charge >= 0.3 is 12.1 Å². The maximum atomic E-state index is 13.3. The molecule has 1 amide bonds. The summed E-state index contributed by atoms with van der Waals surface area (Å²) in [6.07, 6.45) is -5.10. The van der Waals surface area contributed by atoms with E-state index in [0.717, 1.165) is 12.1 Å². The first-order valence-electron chi connectivity index (χ1n) is 4.03. The monoisotopic (exact) mass is 310 g/mol. The number of carbonyl (C=O) groups excluding carboxylic acids is 1. The molecule has 0 aliphatic rings. The first-order chi connectivity index (χ1) is 7.77. The molecular formula is C9H3BrF4N2O. The summed E-state index contributed by atoms with van der Waals surface area (Å²) in [5.74, 6) is -3.30. The van der Waals surface area contributed by atoms with Crippen LogP contribution in [0.1, 0.15) is 5.56 Å². The van der Waals surface area contributed by atoms with Crippen molar-refractivity contribution in [3.8, 4) is 6.07 Å². The number of anilines is 1. The SMILES string of the molecule is N#Cc1c(NC(=O)C(F)(F)F)ccc(Br)c1F. The maximum absolute atomic E-state index is 13.3. The first kappa shape index (κ1) is 13.4. The molecular weight excluding hydrogens is 308 g/mol. The Morgan fingerprint density at radius 3 is 2.47 bits per heavy atom. The third-order valence-corrected chi connectivity index (χ3v) is 2.32. The van der Waals surface area contributed by atoms with Crippen LogP contribution < -0.4 is 5.32 Å². The Balaban J connectivity index is 3.14. The molecule has 1 aromatic carbocycles. The lowest BCUT2D eigenvalue weighted by Gasteiger charge is -2.10. The van der Waals surface area contributed by atoms with Crippen molar-refractivity contribution >= 4 is 27.5 Å². The molecule has 0 aromatic heterocycles. The number of nitrogens with one attached hydrogen (secondary N) is 1. The zero-order chi connectivity index (χ0) is 13.2. The second-order valence-electron chi connectivity index (χ2n) is 2.85. The normalized spacial score (nSPS) is 10.8. The molecule has 0 saturated heterocycles. The number of benzene rings is 1. The molecule has 0 radical (unpaired) electrons. The fourth-order valence-electron chi connectivity index (χ4n) is 0.957. The second kappa shape index (κ2) is 4.71. The number of carbonyl (C=O) groups is 1. The van der Waals surface area contributed by atoms with Gasteiger partial charge in [-0.2, -0.15) is 18.4 Å². The number of amides is 1. The van der Waals surface area contributed by atoms with Crippen LogP contribution in [-0.4, -0.2) is 12.1 Å². The third-order valence-electron chi connectivity index (χ3n) is 1.71. The van der Waals surface area contributed by atoms with Gasteiger partial charge in [-0.1, -0.05) is 0 Å². The molecule has 1 rings (SSSR count). The van der Waals surface area contributed by atoms with Gasteiger partial charge in [-0.05, 0) is 28.1 Å². The second-order valence-corrected chi connectivity index (χ2v) is 3.70. The van der Waals surface area contributed by atoms with Crippen molar-refractivity contribution < 1.29 is 22.4 Å². The van der Waals surface area contributed by atoms with E-state index in [4.69, 9.17) is 5.26 Å². The average molecular weight is 311 g/mol. The Kier molecular flexibility index (Phi) is 3.72. The fraction of sp³-hybridized carbons (Fsp3) is 0.111. The predicted octanol–water partition coefficient (Wildman–Crippen LogP) is 2.96. The summed E-state index contributed by atoms with van der Waals surface area (Å²) in [5.41, 5.74) is -1.20. The van der Waals surface area contributed by atoms with E-state index in [1.807, 2.05) is 0 Å². The minimum Gasteiger partial charge on any atom is -0.317 e. The Morgan fingerprint density at radius 1 is 1.41 bits per heavy atom. The Hall–Kier alpha value is -1.62. The van der Waals surface area contributed by atoms with Gasteiger partial charge in [-0.25, -0.2) is 4.39 Å². The molecule has 0 heterocycles. The van der Waals surface area contributed by atoms with Crippen molar-refractivity contribution in [3.05, 3.63) is 28.0 Å². The van der Waals surface area contributed by atoms with Crippen molar-refractivity contribution in [3.63, 3.8) is 0 Å². The molecule has 0 spiro atoms. The number of halogens is 5. The number of rotatable bonds is 1. The highest BCUT2D eigenvalue weighted by molar-refractivity contribution is 9.10. The highest BCUT2D eigenvalue weighted by atomic mass is 79.9. The molecule has 3 nitrogen and oxygen atoms in total. The molecule has 0 unspecified atom stereocenters. The van der Waals surface area contributed by atoms with Crippen molar-refractivity contribution in [2.75, 3.05) is 5.32 Å². The van der Waals surface area contributed by atoms with Gasteiger partial charge < -0.3 is 5.32 Å². The van der Waals surface area contributed by atoms with Gasteiger partial charge in [0.1, 0.15) is 11.6 Å². The largest absolute Gasteiger partial charge is 0.471 e. The van der Waals surface area contributed by atoms with E-state index < -0.39 is 29.2 Å². The Morgan fingerprint density at radius 2 is 2.00 bits per heavy atom. The van der Waals surface area contributed by atoms with Crippen LogP contribution in [0.3, 0.4) is 0 Å². The maximum Gasteiger partial charge on any atom is 0.471 e. The van der Waals surface area contributed by atoms with E-state index in [-0.39, 0.29) is 4.47 Å². The first-order valence-corrected chi connectivity index (χ1v) is 4.83. The van der Waals surface area contributed by atoms with Crippen molar-refractivity contribution in [2.24, 2.45) is 0 Å². The van der Waals surface area contributed by atoms with E-state index in [0.29, 0.717) is 0 Å². The molecule has 0 saturated carbocycles. The van der Waals surface area contributed by atoms with Gasteiger partial charge in [0, 0.05) is 0 Å². The quantitative estimate of drug-likeness (QED) is 0.811. The summed E-state index contributed by atoms with van der Waals surface area (Å²) >= 11 is 2.77. The average Bonchev–Trinajstić information content (AvgIpc) is 2.22. The van der Waals surface area contributed by atoms with Crippen LogP contribution in [0.25, 0.3) is 0 Å². The molecule has 0 bridgehead atoms. The number of nitrogens with zero attached hydrogens (tertiary/aromatic N) is 1. The minimum atomic E-state index is -5.10. The molecule has 0 fully saturated rings. The summed E-state index contributed by atoms with van der Waals surface area (Å²) in [6, 6.07) is 3.46. The van der Waals surface area contributed by atoms with E-state index in [1.165, 1.54) is 11.4 Å². The van der Waals surface area contributed by atoms with Crippen LogP contribution in [0.4, 0.5) is 23.2 Å². The van der Waals surface area contributed by atoms with E-state index in [9.17, 15) is 22.4 Å². The summed E-state index contributed by atoms with van der Waals surface area (Å²) in [7, 11) is 0. The van der Waals surface area contributed by atoms with Gasteiger partial charge in [0.2, 0.25) is 0 Å². The smallest absolute Gasteiger partial charge is 0.317 e. The summed E-state index contributed by atoms with van der Waals surface area (Å²) < 4.78 is 49.1. The molecule has 0 aliphatic carbocycles.